The summed E-state index contributed by atoms with van der Waals surface area (Å²) in [6.07, 6.45) is 3.65. The van der Waals surface area contributed by atoms with Gasteiger partial charge in [0.1, 0.15) is 4.88 Å². The summed E-state index contributed by atoms with van der Waals surface area (Å²) in [7, 11) is 0. The Morgan fingerprint density at radius 1 is 1.71 bits per heavy atom. The molecule has 0 bridgehead atoms. The van der Waals surface area contributed by atoms with E-state index in [1.54, 1.807) is 0 Å². The van der Waals surface area contributed by atoms with Gasteiger partial charge in [-0.25, -0.2) is 9.78 Å². The molecule has 1 fully saturated rings. The Kier molecular flexibility index (Phi) is 3.08. The minimum Gasteiger partial charge on any atom is -0.477 e. The molecule has 1 unspecified atom stereocenters. The van der Waals surface area contributed by atoms with Gasteiger partial charge in [-0.3, -0.25) is 0 Å². The van der Waals surface area contributed by atoms with Crippen LogP contribution in [0.4, 0.5) is 0 Å². The number of nitrogens with zero attached hydrogens (tertiary/aromatic N) is 1. The summed E-state index contributed by atoms with van der Waals surface area (Å²) in [6.45, 7) is 0. The third-order valence-electron chi connectivity index (χ3n) is 2.25. The van der Waals surface area contributed by atoms with E-state index in [1.807, 2.05) is 11.8 Å². The summed E-state index contributed by atoms with van der Waals surface area (Å²) in [5.74, 6) is 2.27. The first-order valence-corrected chi connectivity index (χ1v) is 6.48. The average Bonchev–Trinajstić information content (AvgIpc) is 2.75. The lowest BCUT2D eigenvalue weighted by Crippen LogP contribution is -2.01. The van der Waals surface area contributed by atoms with Crippen molar-refractivity contribution in [1.29, 1.82) is 0 Å². The van der Waals surface area contributed by atoms with Gasteiger partial charge in [-0.2, -0.15) is 11.8 Å². The summed E-state index contributed by atoms with van der Waals surface area (Å²) in [5, 5.41) is 9.69. The highest BCUT2D eigenvalue weighted by Crippen LogP contribution is 2.27. The molecule has 2 heterocycles. The van der Waals surface area contributed by atoms with Gasteiger partial charge in [-0.1, -0.05) is 0 Å². The van der Waals surface area contributed by atoms with Crippen LogP contribution in [0.2, 0.25) is 0 Å². The molecule has 0 amide bonds. The lowest BCUT2D eigenvalue weighted by atomic mass is 10.1. The minimum absolute atomic E-state index is 0.352. The predicted molar refractivity (Wildman–Crippen MR) is 58.2 cm³/mol. The number of thiazole rings is 1. The predicted octanol–water partition coefficient (Wildman–Crippen LogP) is 2.14. The third kappa shape index (κ3) is 2.27. The Balaban J connectivity index is 1.98. The van der Waals surface area contributed by atoms with Crippen LogP contribution in [0, 0.1) is 5.92 Å². The average molecular weight is 229 g/mol. The molecule has 0 spiro atoms. The van der Waals surface area contributed by atoms with E-state index in [4.69, 9.17) is 5.11 Å². The maximum Gasteiger partial charge on any atom is 0.347 e. The third-order valence-corrected chi connectivity index (χ3v) is 4.49. The molecule has 1 aromatic rings. The smallest absolute Gasteiger partial charge is 0.347 e. The normalized spacial score (nSPS) is 21.3. The van der Waals surface area contributed by atoms with E-state index in [9.17, 15) is 4.79 Å². The highest BCUT2D eigenvalue weighted by atomic mass is 32.2. The largest absolute Gasteiger partial charge is 0.477 e. The Morgan fingerprint density at radius 2 is 2.57 bits per heavy atom. The van der Waals surface area contributed by atoms with Crippen LogP contribution < -0.4 is 0 Å². The zero-order chi connectivity index (χ0) is 9.97. The van der Waals surface area contributed by atoms with Gasteiger partial charge in [0.05, 0.1) is 11.2 Å². The lowest BCUT2D eigenvalue weighted by molar-refractivity contribution is 0.0702. The van der Waals surface area contributed by atoms with Crippen LogP contribution in [-0.4, -0.2) is 27.6 Å². The Bertz CT molecular complexity index is 331. The standard InChI is InChI=1S/C9H11NO2S2/c11-9(12)7-4-10-8(14-7)3-6-1-2-13-5-6/h4,6H,1-3,5H2,(H,11,12). The van der Waals surface area contributed by atoms with Crippen LogP contribution in [-0.2, 0) is 6.42 Å². The molecule has 5 heteroatoms. The number of carboxylic acid groups (broad SMARTS) is 1. The number of carbonyl (C=O) groups is 1. The van der Waals surface area contributed by atoms with E-state index in [0.717, 1.165) is 11.4 Å². The summed E-state index contributed by atoms with van der Waals surface area (Å²) >= 11 is 3.28. The maximum atomic E-state index is 10.6. The highest BCUT2D eigenvalue weighted by molar-refractivity contribution is 7.99. The van der Waals surface area contributed by atoms with Gasteiger partial charge in [0.25, 0.3) is 0 Å². The second-order valence-electron chi connectivity index (χ2n) is 3.36. The van der Waals surface area contributed by atoms with Gasteiger partial charge < -0.3 is 5.11 Å². The summed E-state index contributed by atoms with van der Waals surface area (Å²) in [6, 6.07) is 0. The van der Waals surface area contributed by atoms with Crippen molar-refractivity contribution in [3.8, 4) is 0 Å². The van der Waals surface area contributed by atoms with Crippen LogP contribution >= 0.6 is 23.1 Å². The van der Waals surface area contributed by atoms with E-state index in [-0.39, 0.29) is 0 Å². The van der Waals surface area contributed by atoms with Crippen molar-refractivity contribution in [2.45, 2.75) is 12.8 Å². The zero-order valence-corrected chi connectivity index (χ0v) is 9.24. The summed E-state index contributed by atoms with van der Waals surface area (Å²) in [5.41, 5.74) is 0. The van der Waals surface area contributed by atoms with Gasteiger partial charge in [0.2, 0.25) is 0 Å². The quantitative estimate of drug-likeness (QED) is 0.862. The molecule has 1 saturated heterocycles. The Hall–Kier alpha value is -0.550. The van der Waals surface area contributed by atoms with E-state index in [0.29, 0.717) is 10.8 Å². The molecule has 2 rings (SSSR count). The molecule has 1 aliphatic heterocycles. The van der Waals surface area contributed by atoms with E-state index < -0.39 is 5.97 Å². The van der Waals surface area contributed by atoms with E-state index >= 15 is 0 Å². The second-order valence-corrected chi connectivity index (χ2v) is 5.62. The summed E-state index contributed by atoms with van der Waals surface area (Å²) in [4.78, 5) is 15.1. The van der Waals surface area contributed by atoms with Crippen molar-refractivity contribution in [2.75, 3.05) is 11.5 Å². The number of hydrogen-bond acceptors (Lipinski definition) is 4. The van der Waals surface area contributed by atoms with Crippen LogP contribution in [0.15, 0.2) is 6.20 Å². The molecule has 0 aliphatic carbocycles. The zero-order valence-electron chi connectivity index (χ0n) is 7.60. The monoisotopic (exact) mass is 229 g/mol. The molecule has 14 heavy (non-hydrogen) atoms. The van der Waals surface area contributed by atoms with Crippen LogP contribution in [0.25, 0.3) is 0 Å². The molecule has 0 radical (unpaired) electrons. The number of rotatable bonds is 3. The first-order chi connectivity index (χ1) is 6.75. The fourth-order valence-corrected chi connectivity index (χ4v) is 3.65. The van der Waals surface area contributed by atoms with Gasteiger partial charge in [-0.15, -0.1) is 11.3 Å². The fourth-order valence-electron chi connectivity index (χ4n) is 1.49. The molecule has 0 aromatic carbocycles. The van der Waals surface area contributed by atoms with Crippen molar-refractivity contribution < 1.29 is 9.90 Å². The number of aromatic carboxylic acids is 1. The van der Waals surface area contributed by atoms with Gasteiger partial charge in [0, 0.05) is 6.42 Å². The molecule has 1 atom stereocenters. The van der Waals surface area contributed by atoms with Crippen molar-refractivity contribution in [1.82, 2.24) is 4.98 Å². The van der Waals surface area contributed by atoms with Crippen molar-refractivity contribution in [3.05, 3.63) is 16.1 Å². The summed E-state index contributed by atoms with van der Waals surface area (Å²) < 4.78 is 0. The number of aromatic nitrogens is 1. The molecule has 1 aromatic heterocycles. The van der Waals surface area contributed by atoms with E-state index in [2.05, 4.69) is 4.98 Å². The number of hydrogen-bond donors (Lipinski definition) is 1. The minimum atomic E-state index is -0.866. The topological polar surface area (TPSA) is 50.2 Å². The van der Waals surface area contributed by atoms with Crippen LogP contribution in [0.3, 0.4) is 0 Å². The van der Waals surface area contributed by atoms with Crippen molar-refractivity contribution in [2.24, 2.45) is 5.92 Å². The number of carboxylic acids is 1. The van der Waals surface area contributed by atoms with Crippen LogP contribution in [0.1, 0.15) is 21.1 Å². The first-order valence-electron chi connectivity index (χ1n) is 4.51. The Labute approximate surface area is 90.6 Å². The Morgan fingerprint density at radius 3 is 3.14 bits per heavy atom. The second kappa shape index (κ2) is 4.31. The fraction of sp³-hybridized carbons (Fsp3) is 0.556. The van der Waals surface area contributed by atoms with Crippen LogP contribution in [0.5, 0.6) is 0 Å². The van der Waals surface area contributed by atoms with Gasteiger partial charge >= 0.3 is 5.97 Å². The maximum absolute atomic E-state index is 10.6. The van der Waals surface area contributed by atoms with E-state index in [1.165, 1.54) is 35.5 Å². The lowest BCUT2D eigenvalue weighted by Gasteiger charge is -2.03. The molecule has 3 nitrogen and oxygen atoms in total. The highest BCUT2D eigenvalue weighted by Gasteiger charge is 2.18. The van der Waals surface area contributed by atoms with Crippen molar-refractivity contribution >= 4 is 29.1 Å². The SMILES string of the molecule is O=C(O)c1cnc(CC2CCSC2)s1. The molecule has 0 saturated carbocycles. The molecule has 76 valence electrons. The number of thioether (sulfide) groups is 1. The van der Waals surface area contributed by atoms with Crippen molar-refractivity contribution in [3.63, 3.8) is 0 Å². The molecule has 1 N–H and O–H groups in total. The molecular weight excluding hydrogens is 218 g/mol. The van der Waals surface area contributed by atoms with Gasteiger partial charge in [-0.05, 0) is 23.8 Å². The van der Waals surface area contributed by atoms with Gasteiger partial charge in [0.15, 0.2) is 0 Å². The molecular formula is C9H11NO2S2. The molecule has 1 aliphatic rings. The first kappa shape index (κ1) is 9.98.